The summed E-state index contributed by atoms with van der Waals surface area (Å²) in [5.74, 6) is 0. The maximum Gasteiger partial charge on any atom is 0.243 e. The van der Waals surface area contributed by atoms with E-state index < -0.39 is 0 Å². The Balaban J connectivity index is 1.40. The third-order valence-electron chi connectivity index (χ3n) is 3.98. The quantitative estimate of drug-likeness (QED) is 0.472. The van der Waals surface area contributed by atoms with Crippen molar-refractivity contribution in [1.82, 2.24) is 9.13 Å². The summed E-state index contributed by atoms with van der Waals surface area (Å²) in [6.45, 7) is 2.32. The van der Waals surface area contributed by atoms with Crippen LogP contribution in [0.15, 0.2) is 37.4 Å². The second kappa shape index (κ2) is 8.65. The molecule has 0 amide bonds. The Morgan fingerprint density at radius 2 is 1.00 bits per heavy atom. The zero-order chi connectivity index (χ0) is 14.9. The molecule has 0 atom stereocenters. The molecule has 116 valence electrons. The summed E-state index contributed by atoms with van der Waals surface area (Å²) in [4.78, 5) is 0. The van der Waals surface area contributed by atoms with E-state index in [9.17, 15) is 0 Å². The number of aryl methyl sites for hydroxylation is 4. The molecule has 0 saturated heterocycles. The van der Waals surface area contributed by atoms with E-state index in [1.165, 1.54) is 44.9 Å². The summed E-state index contributed by atoms with van der Waals surface area (Å²) in [6.07, 6.45) is 22.3. The molecule has 4 heteroatoms. The van der Waals surface area contributed by atoms with Gasteiger partial charge in [0, 0.05) is 0 Å². The van der Waals surface area contributed by atoms with Crippen LogP contribution in [0.3, 0.4) is 0 Å². The van der Waals surface area contributed by atoms with Crippen molar-refractivity contribution < 1.29 is 9.13 Å². The van der Waals surface area contributed by atoms with Gasteiger partial charge in [0.15, 0.2) is 0 Å². The Kier molecular flexibility index (Phi) is 6.51. The van der Waals surface area contributed by atoms with Crippen molar-refractivity contribution in [2.75, 3.05) is 0 Å². The molecule has 0 spiro atoms. The van der Waals surface area contributed by atoms with E-state index in [-0.39, 0.29) is 0 Å². The zero-order valence-electron chi connectivity index (χ0n) is 13.6. The Morgan fingerprint density at radius 1 is 0.619 bits per heavy atom. The Labute approximate surface area is 128 Å². The predicted molar refractivity (Wildman–Crippen MR) is 83.5 cm³/mol. The van der Waals surface area contributed by atoms with Gasteiger partial charge in [-0.05, 0) is 25.7 Å². The molecule has 0 bridgehead atoms. The van der Waals surface area contributed by atoms with Crippen molar-refractivity contribution in [2.24, 2.45) is 14.1 Å². The molecule has 0 aromatic carbocycles. The van der Waals surface area contributed by atoms with Crippen molar-refractivity contribution in [1.29, 1.82) is 0 Å². The topological polar surface area (TPSA) is 17.6 Å². The van der Waals surface area contributed by atoms with Crippen molar-refractivity contribution in [3.05, 3.63) is 37.4 Å². The molecule has 21 heavy (non-hydrogen) atoms. The van der Waals surface area contributed by atoms with Gasteiger partial charge < -0.3 is 0 Å². The van der Waals surface area contributed by atoms with Crippen molar-refractivity contribution >= 4 is 0 Å². The average Bonchev–Trinajstić information content (AvgIpc) is 3.06. The van der Waals surface area contributed by atoms with Crippen LogP contribution in [0.25, 0.3) is 0 Å². The minimum absolute atomic E-state index is 1.16. The van der Waals surface area contributed by atoms with E-state index >= 15 is 0 Å². The van der Waals surface area contributed by atoms with E-state index in [1.807, 2.05) is 0 Å². The third-order valence-corrected chi connectivity index (χ3v) is 3.98. The summed E-state index contributed by atoms with van der Waals surface area (Å²) in [7, 11) is 4.15. The van der Waals surface area contributed by atoms with Crippen LogP contribution in [0.2, 0.25) is 0 Å². The molecular weight excluding hydrogens is 260 g/mol. The summed E-state index contributed by atoms with van der Waals surface area (Å²) in [5.41, 5.74) is 0. The van der Waals surface area contributed by atoms with E-state index in [2.05, 4.69) is 69.8 Å². The summed E-state index contributed by atoms with van der Waals surface area (Å²) in [5, 5.41) is 0. The van der Waals surface area contributed by atoms with Crippen LogP contribution in [0.4, 0.5) is 0 Å². The molecule has 4 nitrogen and oxygen atoms in total. The zero-order valence-corrected chi connectivity index (χ0v) is 13.6. The average molecular weight is 290 g/mol. The lowest BCUT2D eigenvalue weighted by Crippen LogP contribution is -2.30. The lowest BCUT2D eigenvalue weighted by atomic mass is 10.1. The number of aromatic nitrogens is 4. The minimum atomic E-state index is 1.16. The van der Waals surface area contributed by atoms with Gasteiger partial charge in [-0.1, -0.05) is 19.3 Å². The number of imidazole rings is 2. The molecule has 0 fully saturated rings. The van der Waals surface area contributed by atoms with Crippen molar-refractivity contribution in [3.63, 3.8) is 0 Å². The lowest BCUT2D eigenvalue weighted by molar-refractivity contribution is -0.696. The number of hydrogen-bond donors (Lipinski definition) is 0. The molecule has 0 radical (unpaired) electrons. The highest BCUT2D eigenvalue weighted by Crippen LogP contribution is 2.07. The molecule has 0 aliphatic carbocycles. The Hall–Kier alpha value is -1.58. The summed E-state index contributed by atoms with van der Waals surface area (Å²) >= 11 is 0. The molecule has 0 aliphatic heterocycles. The molecule has 0 aliphatic rings. The molecule has 2 heterocycles. The molecule has 2 aromatic rings. The Morgan fingerprint density at radius 3 is 1.33 bits per heavy atom. The van der Waals surface area contributed by atoms with E-state index in [4.69, 9.17) is 0 Å². The number of hydrogen-bond acceptors (Lipinski definition) is 0. The highest BCUT2D eigenvalue weighted by Gasteiger charge is 2.00. The van der Waals surface area contributed by atoms with Crippen LogP contribution >= 0.6 is 0 Å². The molecule has 2 aromatic heterocycles. The van der Waals surface area contributed by atoms with Gasteiger partial charge in [-0.2, -0.15) is 0 Å². The maximum absolute atomic E-state index is 2.27. The van der Waals surface area contributed by atoms with Crippen LogP contribution in [0.5, 0.6) is 0 Å². The first-order valence-corrected chi connectivity index (χ1v) is 8.26. The van der Waals surface area contributed by atoms with Crippen molar-refractivity contribution in [2.45, 2.75) is 58.0 Å². The fourth-order valence-corrected chi connectivity index (χ4v) is 2.74. The van der Waals surface area contributed by atoms with E-state index in [1.54, 1.807) is 0 Å². The van der Waals surface area contributed by atoms with Gasteiger partial charge in [0.2, 0.25) is 12.7 Å². The van der Waals surface area contributed by atoms with Crippen LogP contribution in [0.1, 0.15) is 44.9 Å². The monoisotopic (exact) mass is 290 g/mol. The number of unbranched alkanes of at least 4 members (excludes halogenated alkanes) is 6. The van der Waals surface area contributed by atoms with Crippen molar-refractivity contribution in [3.8, 4) is 0 Å². The first kappa shape index (κ1) is 15.8. The first-order valence-electron chi connectivity index (χ1n) is 8.26. The highest BCUT2D eigenvalue weighted by molar-refractivity contribution is 4.62. The molecule has 0 unspecified atom stereocenters. The van der Waals surface area contributed by atoms with E-state index in [0.29, 0.717) is 0 Å². The largest absolute Gasteiger partial charge is 0.243 e. The smallest absolute Gasteiger partial charge is 0.240 e. The molecular formula is C17H30N4+2. The summed E-state index contributed by atoms with van der Waals surface area (Å²) in [6, 6.07) is 0. The first-order chi connectivity index (χ1) is 10.2. The van der Waals surface area contributed by atoms with Crippen LogP contribution in [0, 0.1) is 0 Å². The van der Waals surface area contributed by atoms with Gasteiger partial charge in [0.25, 0.3) is 0 Å². The fourth-order valence-electron chi connectivity index (χ4n) is 2.74. The maximum atomic E-state index is 2.27. The third kappa shape index (κ3) is 6.15. The second-order valence-corrected chi connectivity index (χ2v) is 6.11. The van der Waals surface area contributed by atoms with Crippen LogP contribution in [-0.2, 0) is 27.2 Å². The number of nitrogens with zero attached hydrogens (tertiary/aromatic N) is 4. The minimum Gasteiger partial charge on any atom is -0.240 e. The van der Waals surface area contributed by atoms with E-state index in [0.717, 1.165) is 13.1 Å². The van der Waals surface area contributed by atoms with Gasteiger partial charge in [0.1, 0.15) is 24.8 Å². The standard InChI is InChI=1S/C17H30N4/c1-18-12-14-20(16-18)10-8-6-4-3-5-7-9-11-21-15-13-19(2)17-21/h12-17H,3-11H2,1-2H3/q+2. The molecule has 0 saturated carbocycles. The molecule has 0 N–H and O–H groups in total. The fraction of sp³-hybridized carbons (Fsp3) is 0.647. The normalized spacial score (nSPS) is 11.1. The second-order valence-electron chi connectivity index (χ2n) is 6.11. The molecule has 2 rings (SSSR count). The van der Waals surface area contributed by atoms with Gasteiger partial charge >= 0.3 is 0 Å². The summed E-state index contributed by atoms with van der Waals surface area (Å²) < 4.78 is 8.75. The van der Waals surface area contributed by atoms with Gasteiger partial charge in [0.05, 0.1) is 27.2 Å². The van der Waals surface area contributed by atoms with Crippen LogP contribution < -0.4 is 9.13 Å². The van der Waals surface area contributed by atoms with Gasteiger partial charge in [-0.25, -0.2) is 18.3 Å². The lowest BCUT2D eigenvalue weighted by Gasteiger charge is -2.01. The number of rotatable bonds is 10. The highest BCUT2D eigenvalue weighted by atomic mass is 15.1. The van der Waals surface area contributed by atoms with Gasteiger partial charge in [-0.3, -0.25) is 0 Å². The van der Waals surface area contributed by atoms with Gasteiger partial charge in [-0.15, -0.1) is 0 Å². The SMILES string of the molecule is Cn1cc[n+](CCCCCCCCC[n+]2ccn(C)c2)c1. The van der Waals surface area contributed by atoms with Crippen LogP contribution in [-0.4, -0.2) is 9.13 Å². The predicted octanol–water partition coefficient (Wildman–Crippen LogP) is 2.37. The Bertz CT molecular complexity index is 466.